The molecule has 1 aliphatic heterocycles. The van der Waals surface area contributed by atoms with Gasteiger partial charge in [-0.15, -0.1) is 0 Å². The molecule has 0 atom stereocenters. The predicted octanol–water partition coefficient (Wildman–Crippen LogP) is 0.725. The van der Waals surface area contributed by atoms with E-state index in [4.69, 9.17) is 11.5 Å². The first-order chi connectivity index (χ1) is 8.90. The van der Waals surface area contributed by atoms with Crippen LogP contribution in [0.2, 0.25) is 0 Å². The van der Waals surface area contributed by atoms with Crippen molar-refractivity contribution in [3.8, 4) is 0 Å². The maximum Gasteiger partial charge on any atom is 0.252 e. The third-order valence-electron chi connectivity index (χ3n) is 4.23. The summed E-state index contributed by atoms with van der Waals surface area (Å²) in [7, 11) is 0. The van der Waals surface area contributed by atoms with Gasteiger partial charge in [-0.1, -0.05) is 0 Å². The number of carbonyl (C=O) groups excluding carboxylic acids is 1. The van der Waals surface area contributed by atoms with E-state index in [9.17, 15) is 4.79 Å². The van der Waals surface area contributed by atoms with E-state index in [-0.39, 0.29) is 5.54 Å². The zero-order valence-electron chi connectivity index (χ0n) is 11.4. The molecule has 0 radical (unpaired) electrons. The Kier molecular flexibility index (Phi) is 2.57. The number of rotatable bonds is 3. The Morgan fingerprint density at radius 2 is 2.05 bits per heavy atom. The number of primary amides is 1. The molecule has 1 aromatic heterocycles. The monoisotopic (exact) mass is 260 g/mol. The van der Waals surface area contributed by atoms with Gasteiger partial charge >= 0.3 is 0 Å². The lowest BCUT2D eigenvalue weighted by molar-refractivity contribution is 0.0999. The maximum atomic E-state index is 11.6. The molecule has 102 valence electrons. The first kappa shape index (κ1) is 12.4. The van der Waals surface area contributed by atoms with Gasteiger partial charge in [0.05, 0.1) is 11.1 Å². The van der Waals surface area contributed by atoms with Gasteiger partial charge < -0.3 is 16.4 Å². The zero-order valence-corrected chi connectivity index (χ0v) is 11.4. The number of carbonyl (C=O) groups is 1. The third kappa shape index (κ3) is 1.98. The predicted molar refractivity (Wildman–Crippen MR) is 74.1 cm³/mol. The van der Waals surface area contributed by atoms with Gasteiger partial charge in [0.1, 0.15) is 5.82 Å². The van der Waals surface area contributed by atoms with Crippen LogP contribution in [0, 0.1) is 19.8 Å². The summed E-state index contributed by atoms with van der Waals surface area (Å²) in [6, 6.07) is 1.89. The minimum atomic E-state index is -0.416. The van der Waals surface area contributed by atoms with E-state index in [2.05, 4.69) is 9.88 Å². The summed E-state index contributed by atoms with van der Waals surface area (Å²) >= 11 is 0. The standard InChI is InChI=1S/C14H20N4O/c1-8-5-9(2)17-13(11(8)12(15)19)18-6-14(16,7-18)10-3-4-10/h5,10H,3-4,6-7,16H2,1-2H3,(H2,15,19). The van der Waals surface area contributed by atoms with Crippen LogP contribution < -0.4 is 16.4 Å². The largest absolute Gasteiger partial charge is 0.365 e. The summed E-state index contributed by atoms with van der Waals surface area (Å²) in [6.45, 7) is 5.37. The number of aromatic nitrogens is 1. The summed E-state index contributed by atoms with van der Waals surface area (Å²) < 4.78 is 0. The minimum absolute atomic E-state index is 0.0890. The van der Waals surface area contributed by atoms with Gasteiger partial charge in [-0.2, -0.15) is 0 Å². The highest BCUT2D eigenvalue weighted by atomic mass is 16.1. The van der Waals surface area contributed by atoms with Crippen molar-refractivity contribution in [1.29, 1.82) is 0 Å². The normalized spacial score (nSPS) is 21.1. The average molecular weight is 260 g/mol. The molecule has 0 spiro atoms. The van der Waals surface area contributed by atoms with Gasteiger partial charge in [-0.3, -0.25) is 4.79 Å². The van der Waals surface area contributed by atoms with Crippen LogP contribution in [0.3, 0.4) is 0 Å². The molecule has 1 amide bonds. The van der Waals surface area contributed by atoms with E-state index in [0.717, 1.165) is 24.3 Å². The Bertz CT molecular complexity index is 545. The second-order valence-corrected chi connectivity index (χ2v) is 6.01. The second kappa shape index (κ2) is 3.93. The van der Waals surface area contributed by atoms with Crippen LogP contribution in [0.4, 0.5) is 5.82 Å². The molecule has 5 heteroatoms. The molecule has 0 aromatic carbocycles. The number of anilines is 1. The third-order valence-corrected chi connectivity index (χ3v) is 4.23. The lowest BCUT2D eigenvalue weighted by Gasteiger charge is -2.49. The van der Waals surface area contributed by atoms with Gasteiger partial charge in [0.25, 0.3) is 5.91 Å². The molecule has 5 nitrogen and oxygen atoms in total. The number of aryl methyl sites for hydroxylation is 2. The van der Waals surface area contributed by atoms with Crippen LogP contribution in [0.1, 0.15) is 34.5 Å². The highest BCUT2D eigenvalue weighted by Gasteiger charge is 2.51. The summed E-state index contributed by atoms with van der Waals surface area (Å²) in [5.41, 5.74) is 14.1. The number of nitrogens with two attached hydrogens (primary N) is 2. The Balaban J connectivity index is 1.91. The zero-order chi connectivity index (χ0) is 13.8. The Hall–Kier alpha value is -1.62. The molecular formula is C14H20N4O. The summed E-state index contributed by atoms with van der Waals surface area (Å²) in [6.07, 6.45) is 2.46. The topological polar surface area (TPSA) is 85.2 Å². The van der Waals surface area contributed by atoms with Crippen molar-refractivity contribution >= 4 is 11.7 Å². The van der Waals surface area contributed by atoms with Gasteiger partial charge in [-0.25, -0.2) is 4.98 Å². The van der Waals surface area contributed by atoms with E-state index in [1.54, 1.807) is 0 Å². The number of pyridine rings is 1. The Labute approximate surface area is 113 Å². The molecule has 2 aliphatic rings. The molecule has 3 rings (SSSR count). The first-order valence-electron chi connectivity index (χ1n) is 6.72. The molecule has 1 saturated heterocycles. The Morgan fingerprint density at radius 1 is 1.42 bits per heavy atom. The fourth-order valence-electron chi connectivity index (χ4n) is 3.08. The number of amides is 1. The van der Waals surface area contributed by atoms with Gasteiger partial charge in [0.2, 0.25) is 0 Å². The highest BCUT2D eigenvalue weighted by Crippen LogP contribution is 2.44. The molecule has 0 bridgehead atoms. The molecule has 2 heterocycles. The summed E-state index contributed by atoms with van der Waals surface area (Å²) in [5, 5.41) is 0. The van der Waals surface area contributed by atoms with E-state index in [1.165, 1.54) is 12.8 Å². The fourth-order valence-corrected chi connectivity index (χ4v) is 3.08. The van der Waals surface area contributed by atoms with Crippen molar-refractivity contribution in [2.45, 2.75) is 32.2 Å². The van der Waals surface area contributed by atoms with Crippen LogP contribution in [0.15, 0.2) is 6.07 Å². The van der Waals surface area contributed by atoms with Crippen molar-refractivity contribution in [2.75, 3.05) is 18.0 Å². The first-order valence-corrected chi connectivity index (χ1v) is 6.72. The van der Waals surface area contributed by atoms with Crippen molar-refractivity contribution in [1.82, 2.24) is 4.98 Å². The van der Waals surface area contributed by atoms with Gasteiger partial charge in [0, 0.05) is 18.8 Å². The molecule has 0 unspecified atom stereocenters. The Morgan fingerprint density at radius 3 is 2.58 bits per heavy atom. The van der Waals surface area contributed by atoms with E-state index in [1.807, 2.05) is 19.9 Å². The number of hydrogen-bond acceptors (Lipinski definition) is 4. The van der Waals surface area contributed by atoms with Gasteiger partial charge in [0.15, 0.2) is 0 Å². The molecule has 1 aliphatic carbocycles. The SMILES string of the molecule is Cc1cc(C)c(C(N)=O)c(N2CC(N)(C3CC3)C2)n1. The molecule has 1 aromatic rings. The summed E-state index contributed by atoms with van der Waals surface area (Å²) in [5.74, 6) is 0.930. The van der Waals surface area contributed by atoms with E-state index in [0.29, 0.717) is 17.3 Å². The van der Waals surface area contributed by atoms with E-state index < -0.39 is 5.91 Å². The van der Waals surface area contributed by atoms with Crippen molar-refractivity contribution in [2.24, 2.45) is 17.4 Å². The van der Waals surface area contributed by atoms with Crippen LogP contribution in [-0.2, 0) is 0 Å². The van der Waals surface area contributed by atoms with Crippen LogP contribution in [0.5, 0.6) is 0 Å². The number of nitrogens with zero attached hydrogens (tertiary/aromatic N) is 2. The molecule has 2 fully saturated rings. The molecule has 19 heavy (non-hydrogen) atoms. The van der Waals surface area contributed by atoms with Crippen LogP contribution >= 0.6 is 0 Å². The molecule has 4 N–H and O–H groups in total. The van der Waals surface area contributed by atoms with Crippen molar-refractivity contribution in [3.05, 3.63) is 22.9 Å². The lowest BCUT2D eigenvalue weighted by atomic mass is 9.85. The van der Waals surface area contributed by atoms with E-state index >= 15 is 0 Å². The highest BCUT2D eigenvalue weighted by molar-refractivity contribution is 5.99. The number of hydrogen-bond donors (Lipinski definition) is 2. The fraction of sp³-hybridized carbons (Fsp3) is 0.571. The van der Waals surface area contributed by atoms with Crippen molar-refractivity contribution in [3.63, 3.8) is 0 Å². The minimum Gasteiger partial charge on any atom is -0.365 e. The average Bonchev–Trinajstić information content (AvgIpc) is 3.06. The van der Waals surface area contributed by atoms with Gasteiger partial charge in [-0.05, 0) is 44.2 Å². The maximum absolute atomic E-state index is 11.6. The lowest BCUT2D eigenvalue weighted by Crippen LogP contribution is -2.69. The summed E-state index contributed by atoms with van der Waals surface area (Å²) in [4.78, 5) is 18.2. The smallest absolute Gasteiger partial charge is 0.252 e. The molecular weight excluding hydrogens is 240 g/mol. The van der Waals surface area contributed by atoms with Crippen molar-refractivity contribution < 1.29 is 4.79 Å². The van der Waals surface area contributed by atoms with Crippen LogP contribution in [0.25, 0.3) is 0 Å². The second-order valence-electron chi connectivity index (χ2n) is 6.01. The molecule has 1 saturated carbocycles. The van der Waals surface area contributed by atoms with Crippen LogP contribution in [-0.4, -0.2) is 29.5 Å². The quantitative estimate of drug-likeness (QED) is 0.838.